The minimum atomic E-state index is -4.94. The molecule has 0 saturated carbocycles. The monoisotopic (exact) mass is 514 g/mol. The molecule has 0 aliphatic heterocycles. The number of benzene rings is 4. The Morgan fingerprint density at radius 3 is 2.09 bits per heavy atom. The van der Waals surface area contributed by atoms with Crippen LogP contribution in [0.5, 0.6) is 5.75 Å². The van der Waals surface area contributed by atoms with Gasteiger partial charge in [-0.05, 0) is 46.7 Å². The zero-order valence-electron chi connectivity index (χ0n) is 17.3. The van der Waals surface area contributed by atoms with Crippen LogP contribution in [-0.4, -0.2) is 5.11 Å². The molecular formula is C25H16Cl2O6S. The Bertz CT molecular complexity index is 1450. The molecule has 5 rings (SSSR count). The molecule has 1 N–H and O–H groups in total. The molecule has 1 heterocycles. The van der Waals surface area contributed by atoms with Crippen molar-refractivity contribution >= 4 is 55.6 Å². The molecule has 0 aliphatic carbocycles. The molecule has 9 heteroatoms. The molecule has 4 aromatic carbocycles. The van der Waals surface area contributed by atoms with Crippen molar-refractivity contribution in [1.29, 1.82) is 0 Å². The SMILES string of the molecule is Oc1cc2sc(/C(=C/c3ccc(Cl)cc3)c3ccccc3)[o+]c2c2ccccc12.[O-][Cl+3]([O-])([O-])[O-]. The minimum absolute atomic E-state index is 0.264. The van der Waals surface area contributed by atoms with Gasteiger partial charge in [0, 0.05) is 16.5 Å². The number of fused-ring (bicyclic) bond motifs is 3. The maximum Gasteiger partial charge on any atom is 0.418 e. The molecule has 5 aromatic rings. The maximum atomic E-state index is 10.4. The summed E-state index contributed by atoms with van der Waals surface area (Å²) in [6.45, 7) is 0. The van der Waals surface area contributed by atoms with Gasteiger partial charge in [-0.3, -0.25) is 0 Å². The molecule has 34 heavy (non-hydrogen) atoms. The lowest BCUT2D eigenvalue weighted by Crippen LogP contribution is -2.68. The van der Waals surface area contributed by atoms with E-state index >= 15 is 0 Å². The summed E-state index contributed by atoms with van der Waals surface area (Å²) < 4.78 is 41.2. The van der Waals surface area contributed by atoms with Crippen molar-refractivity contribution in [2.24, 2.45) is 0 Å². The third-order valence-corrected chi connectivity index (χ3v) is 6.09. The van der Waals surface area contributed by atoms with E-state index in [0.717, 1.165) is 42.8 Å². The van der Waals surface area contributed by atoms with Gasteiger partial charge >= 0.3 is 10.7 Å². The Balaban J connectivity index is 0.000000499. The zero-order valence-corrected chi connectivity index (χ0v) is 19.6. The zero-order chi connectivity index (χ0) is 24.3. The van der Waals surface area contributed by atoms with Crippen LogP contribution in [0.3, 0.4) is 0 Å². The third-order valence-electron chi connectivity index (χ3n) is 4.82. The number of phenolic OH excluding ortho intramolecular Hbond substituents is 1. The highest BCUT2D eigenvalue weighted by Gasteiger charge is 2.26. The van der Waals surface area contributed by atoms with E-state index in [4.69, 9.17) is 34.7 Å². The molecule has 0 fully saturated rings. The summed E-state index contributed by atoms with van der Waals surface area (Å²) >= 11 is 7.58. The highest BCUT2D eigenvalue weighted by Crippen LogP contribution is 2.41. The average molecular weight is 515 g/mol. The van der Waals surface area contributed by atoms with Gasteiger partial charge in [0.1, 0.15) is 10.4 Å². The van der Waals surface area contributed by atoms with Crippen LogP contribution in [0, 0.1) is 10.2 Å². The van der Waals surface area contributed by atoms with Gasteiger partial charge in [0.2, 0.25) is 0 Å². The number of halogens is 2. The number of hydrogen-bond acceptors (Lipinski definition) is 6. The first kappa shape index (κ1) is 24.1. The quantitative estimate of drug-likeness (QED) is 0.291. The maximum absolute atomic E-state index is 10.4. The van der Waals surface area contributed by atoms with E-state index < -0.39 is 10.2 Å². The summed E-state index contributed by atoms with van der Waals surface area (Å²) in [6, 6.07) is 27.4. The van der Waals surface area contributed by atoms with E-state index in [1.165, 1.54) is 11.3 Å². The molecule has 6 nitrogen and oxygen atoms in total. The van der Waals surface area contributed by atoms with Crippen molar-refractivity contribution in [3.8, 4) is 5.75 Å². The summed E-state index contributed by atoms with van der Waals surface area (Å²) in [7, 11) is -4.94. The van der Waals surface area contributed by atoms with Crippen LogP contribution in [-0.2, 0) is 0 Å². The summed E-state index contributed by atoms with van der Waals surface area (Å²) in [6.07, 6.45) is 2.10. The van der Waals surface area contributed by atoms with E-state index in [0.29, 0.717) is 5.02 Å². The van der Waals surface area contributed by atoms with Gasteiger partial charge in [0.05, 0.1) is 11.0 Å². The van der Waals surface area contributed by atoms with Gasteiger partial charge in [-0.1, -0.05) is 72.3 Å². The van der Waals surface area contributed by atoms with Crippen LogP contribution >= 0.6 is 22.9 Å². The lowest BCUT2D eigenvalue weighted by molar-refractivity contribution is -2.00. The van der Waals surface area contributed by atoms with Crippen LogP contribution in [0.25, 0.3) is 32.7 Å². The number of aromatic hydroxyl groups is 1. The number of hydrogen-bond donors (Lipinski definition) is 1. The van der Waals surface area contributed by atoms with Crippen LogP contribution in [0.2, 0.25) is 5.02 Å². The fourth-order valence-corrected chi connectivity index (χ4v) is 4.56. The third kappa shape index (κ3) is 5.91. The molecule has 0 spiro atoms. The average Bonchev–Trinajstić information content (AvgIpc) is 3.22. The fourth-order valence-electron chi connectivity index (χ4n) is 3.41. The van der Waals surface area contributed by atoms with Gasteiger partial charge in [0.25, 0.3) is 0 Å². The van der Waals surface area contributed by atoms with Crippen molar-refractivity contribution in [2.75, 3.05) is 0 Å². The molecular weight excluding hydrogens is 499 g/mol. The van der Waals surface area contributed by atoms with Crippen molar-refractivity contribution in [1.82, 2.24) is 0 Å². The standard InChI is InChI=1S/C25H15ClO2S.ClHO4/c26-18-12-10-16(11-13-18)14-21(17-6-2-1-3-7-17)25-28-24-20-9-5-4-8-19(20)22(27)15-23(24)29-25;2-1(3,4)5/h1-15H;(H,2,3,4,5)/b21-14+;. The van der Waals surface area contributed by atoms with Crippen molar-refractivity contribution < 1.29 is 38.4 Å². The molecule has 0 amide bonds. The van der Waals surface area contributed by atoms with E-state index in [9.17, 15) is 5.11 Å². The Labute approximate surface area is 205 Å². The predicted octanol–water partition coefficient (Wildman–Crippen LogP) is 3.12. The number of rotatable bonds is 3. The lowest BCUT2D eigenvalue weighted by Gasteiger charge is -2.17. The fraction of sp³-hybridized carbons (Fsp3) is 0. The molecule has 172 valence electrons. The Hall–Kier alpha value is -3.01. The Morgan fingerprint density at radius 1 is 0.853 bits per heavy atom. The van der Waals surface area contributed by atoms with Gasteiger partial charge < -0.3 is 5.11 Å². The molecule has 1 aromatic heterocycles. The smallest absolute Gasteiger partial charge is 0.418 e. The number of phenols is 1. The second-order valence-electron chi connectivity index (χ2n) is 7.11. The molecule has 0 aliphatic rings. The summed E-state index contributed by atoms with van der Waals surface area (Å²) in [4.78, 5) is 0. The highest BCUT2D eigenvalue weighted by molar-refractivity contribution is 7.19. The van der Waals surface area contributed by atoms with Gasteiger partial charge in [-0.15, -0.1) is 10.2 Å². The molecule has 0 bridgehead atoms. The van der Waals surface area contributed by atoms with E-state index in [1.807, 2.05) is 66.7 Å². The van der Waals surface area contributed by atoms with Gasteiger partial charge in [-0.2, -0.15) is 4.42 Å². The second-order valence-corrected chi connectivity index (χ2v) is 9.32. The Morgan fingerprint density at radius 2 is 1.44 bits per heavy atom. The van der Waals surface area contributed by atoms with E-state index in [1.54, 1.807) is 6.07 Å². The van der Waals surface area contributed by atoms with Crippen molar-refractivity contribution in [2.45, 2.75) is 0 Å². The molecule has 0 saturated heterocycles. The Kier molecular flexibility index (Phi) is 7.16. The first-order chi connectivity index (χ1) is 16.2. The molecule has 0 atom stereocenters. The van der Waals surface area contributed by atoms with E-state index in [-0.39, 0.29) is 5.75 Å². The van der Waals surface area contributed by atoms with Crippen molar-refractivity contribution in [3.63, 3.8) is 0 Å². The van der Waals surface area contributed by atoms with Crippen LogP contribution in [0.15, 0.2) is 89.3 Å². The van der Waals surface area contributed by atoms with Crippen LogP contribution in [0.4, 0.5) is 0 Å². The first-order valence-electron chi connectivity index (χ1n) is 9.81. The summed E-state index contributed by atoms with van der Waals surface area (Å²) in [5, 5.41) is 13.6. The van der Waals surface area contributed by atoms with E-state index in [2.05, 4.69) is 18.2 Å². The predicted molar refractivity (Wildman–Crippen MR) is 123 cm³/mol. The normalized spacial score (nSPS) is 12.0. The highest BCUT2D eigenvalue weighted by atomic mass is 35.7. The largest absolute Gasteiger partial charge is 0.507 e. The first-order valence-corrected chi connectivity index (χ1v) is 12.2. The van der Waals surface area contributed by atoms with Crippen LogP contribution in [0.1, 0.15) is 16.2 Å². The van der Waals surface area contributed by atoms with Crippen molar-refractivity contribution in [3.05, 3.63) is 106 Å². The molecule has 0 radical (unpaired) electrons. The van der Waals surface area contributed by atoms with Gasteiger partial charge in [0.15, 0.2) is 0 Å². The topological polar surface area (TPSA) is 124 Å². The summed E-state index contributed by atoms with van der Waals surface area (Å²) in [5.74, 6) is 0.264. The van der Waals surface area contributed by atoms with Crippen LogP contribution < -0.4 is 18.6 Å². The summed E-state index contributed by atoms with van der Waals surface area (Å²) in [5.41, 5.74) is 3.87. The lowest BCUT2D eigenvalue weighted by atomic mass is 10.0. The van der Waals surface area contributed by atoms with Gasteiger partial charge in [-0.25, -0.2) is 18.6 Å². The second kappa shape index (κ2) is 10.1. The molecule has 0 unspecified atom stereocenters. The minimum Gasteiger partial charge on any atom is -0.507 e.